The van der Waals surface area contributed by atoms with E-state index in [0.717, 1.165) is 47.5 Å². The minimum absolute atomic E-state index is 0.0975. The molecule has 12 heteroatoms. The summed E-state index contributed by atoms with van der Waals surface area (Å²) in [6, 6.07) is 0. The molecule has 2 amide bonds. The lowest BCUT2D eigenvalue weighted by atomic mass is 9.95. The van der Waals surface area contributed by atoms with Gasteiger partial charge in [0.2, 0.25) is 5.91 Å². The first kappa shape index (κ1) is 24.0. The maximum absolute atomic E-state index is 13.1. The molecular formula is C22H24N4O6S2. The molecule has 0 saturated carbocycles. The second-order valence-corrected chi connectivity index (χ2v) is 9.97. The molecule has 34 heavy (non-hydrogen) atoms. The summed E-state index contributed by atoms with van der Waals surface area (Å²) in [7, 11) is 1.50. The van der Waals surface area contributed by atoms with E-state index in [9.17, 15) is 19.2 Å². The number of amides is 2. The zero-order valence-corrected chi connectivity index (χ0v) is 20.4. The van der Waals surface area contributed by atoms with Crippen LogP contribution >= 0.6 is 22.7 Å². The molecule has 0 aromatic carbocycles. The quantitative estimate of drug-likeness (QED) is 0.354. The van der Waals surface area contributed by atoms with E-state index in [0.29, 0.717) is 21.0 Å². The van der Waals surface area contributed by atoms with E-state index in [2.05, 4.69) is 10.3 Å². The van der Waals surface area contributed by atoms with E-state index < -0.39 is 23.3 Å². The molecule has 0 bridgehead atoms. The summed E-state index contributed by atoms with van der Waals surface area (Å²) in [6.07, 6.45) is 4.88. The highest BCUT2D eigenvalue weighted by Crippen LogP contribution is 2.37. The zero-order chi connectivity index (χ0) is 24.4. The predicted octanol–water partition coefficient (Wildman–Crippen LogP) is 2.25. The molecule has 180 valence electrons. The van der Waals surface area contributed by atoms with E-state index in [1.54, 1.807) is 6.92 Å². The van der Waals surface area contributed by atoms with E-state index >= 15 is 0 Å². The normalized spacial score (nSPS) is 13.0. The third-order valence-electron chi connectivity index (χ3n) is 5.61. The van der Waals surface area contributed by atoms with Gasteiger partial charge in [-0.1, -0.05) is 0 Å². The molecule has 0 radical (unpaired) electrons. The number of hydrogen-bond acceptors (Lipinski definition) is 9. The van der Waals surface area contributed by atoms with Gasteiger partial charge < -0.3 is 20.5 Å². The maximum atomic E-state index is 13.1. The third kappa shape index (κ3) is 4.61. The number of esters is 1. The molecule has 1 aliphatic rings. The average molecular weight is 505 g/mol. The van der Waals surface area contributed by atoms with E-state index in [-0.39, 0.29) is 30.0 Å². The van der Waals surface area contributed by atoms with Crippen molar-refractivity contribution in [3.05, 3.63) is 43.1 Å². The number of aryl methyl sites for hydroxylation is 2. The Labute approximate surface area is 202 Å². The predicted molar refractivity (Wildman–Crippen MR) is 129 cm³/mol. The molecule has 3 heterocycles. The molecule has 10 nitrogen and oxygen atoms in total. The van der Waals surface area contributed by atoms with Crippen LogP contribution in [0.2, 0.25) is 0 Å². The Morgan fingerprint density at radius 3 is 2.71 bits per heavy atom. The summed E-state index contributed by atoms with van der Waals surface area (Å²) in [5.41, 5.74) is 6.88. The van der Waals surface area contributed by atoms with Gasteiger partial charge in [0.1, 0.15) is 27.9 Å². The molecular weight excluding hydrogens is 480 g/mol. The second-order valence-electron chi connectivity index (χ2n) is 7.87. The number of primary amides is 1. The number of carbonyl (C=O) groups is 3. The second kappa shape index (κ2) is 10.0. The van der Waals surface area contributed by atoms with Gasteiger partial charge in [0, 0.05) is 12.0 Å². The number of rotatable bonds is 8. The summed E-state index contributed by atoms with van der Waals surface area (Å²) >= 11 is 2.42. The van der Waals surface area contributed by atoms with Crippen LogP contribution in [0.25, 0.3) is 10.2 Å². The fourth-order valence-electron chi connectivity index (χ4n) is 3.99. The van der Waals surface area contributed by atoms with Crippen LogP contribution < -0.4 is 16.6 Å². The Balaban J connectivity index is 1.56. The number of nitrogens with two attached hydrogens (primary N) is 1. The van der Waals surface area contributed by atoms with Crippen molar-refractivity contribution < 1.29 is 23.9 Å². The Bertz CT molecular complexity index is 1340. The summed E-state index contributed by atoms with van der Waals surface area (Å²) in [5, 5.41) is 3.43. The maximum Gasteiger partial charge on any atom is 0.348 e. The highest BCUT2D eigenvalue weighted by Gasteiger charge is 2.25. The van der Waals surface area contributed by atoms with Gasteiger partial charge in [-0.05, 0) is 43.7 Å². The molecule has 0 saturated heterocycles. The van der Waals surface area contributed by atoms with E-state index in [1.807, 2.05) is 0 Å². The molecule has 3 aromatic heterocycles. The van der Waals surface area contributed by atoms with Crippen LogP contribution in [0.15, 0.2) is 11.1 Å². The first-order chi connectivity index (χ1) is 16.3. The van der Waals surface area contributed by atoms with Crippen molar-refractivity contribution in [3.63, 3.8) is 0 Å². The molecule has 1 aliphatic carbocycles. The largest absolute Gasteiger partial charge is 0.459 e. The van der Waals surface area contributed by atoms with Crippen molar-refractivity contribution in [1.29, 1.82) is 0 Å². The lowest BCUT2D eigenvalue weighted by Crippen LogP contribution is -2.28. The van der Waals surface area contributed by atoms with Crippen molar-refractivity contribution in [2.24, 2.45) is 5.73 Å². The summed E-state index contributed by atoms with van der Waals surface area (Å²) in [5.74, 6) is -1.60. The molecule has 4 rings (SSSR count). The molecule has 3 aromatic rings. The standard InChI is InChI=1S/C22H24N4O6S2/c1-11-15-19(34-17(11)22(30)32-8-7-31-2)24-10-26(21(15)29)9-14(27)25-20-16(18(23)28)12-5-3-4-6-13(12)33-20/h10H,3-9H2,1-2H3,(H2,23,28)(H,25,27). The van der Waals surface area contributed by atoms with Gasteiger partial charge >= 0.3 is 5.97 Å². The number of ether oxygens (including phenoxy) is 2. The average Bonchev–Trinajstić information content (AvgIpc) is 3.33. The third-order valence-corrected chi connectivity index (χ3v) is 8.00. The molecule has 0 unspecified atom stereocenters. The number of anilines is 1. The van der Waals surface area contributed by atoms with Gasteiger partial charge in [-0.15, -0.1) is 22.7 Å². The summed E-state index contributed by atoms with van der Waals surface area (Å²) in [4.78, 5) is 56.2. The number of carbonyl (C=O) groups excluding carboxylic acids is 3. The number of methoxy groups -OCH3 is 1. The van der Waals surface area contributed by atoms with Crippen LogP contribution in [0.3, 0.4) is 0 Å². The molecule has 3 N–H and O–H groups in total. The number of fused-ring (bicyclic) bond motifs is 2. The minimum atomic E-state index is -0.575. The number of aromatic nitrogens is 2. The number of nitrogens with one attached hydrogen (secondary N) is 1. The highest BCUT2D eigenvalue weighted by molar-refractivity contribution is 7.20. The first-order valence-electron chi connectivity index (χ1n) is 10.7. The van der Waals surface area contributed by atoms with Crippen molar-refractivity contribution in [2.75, 3.05) is 25.6 Å². The smallest absolute Gasteiger partial charge is 0.348 e. The fraction of sp³-hybridized carbons (Fsp3) is 0.409. The van der Waals surface area contributed by atoms with Gasteiger partial charge in [0.15, 0.2) is 0 Å². The van der Waals surface area contributed by atoms with Crippen molar-refractivity contribution in [1.82, 2.24) is 9.55 Å². The van der Waals surface area contributed by atoms with Gasteiger partial charge in [-0.25, -0.2) is 9.78 Å². The Kier molecular flexibility index (Phi) is 7.10. The molecule has 0 spiro atoms. The van der Waals surface area contributed by atoms with Crippen molar-refractivity contribution >= 4 is 55.7 Å². The molecule has 0 fully saturated rings. The number of thiophene rings is 2. The number of hydrogen-bond donors (Lipinski definition) is 2. The lowest BCUT2D eigenvalue weighted by molar-refractivity contribution is -0.116. The lowest BCUT2D eigenvalue weighted by Gasteiger charge is -2.11. The van der Waals surface area contributed by atoms with Crippen LogP contribution in [0.5, 0.6) is 0 Å². The zero-order valence-electron chi connectivity index (χ0n) is 18.8. The van der Waals surface area contributed by atoms with Gasteiger partial charge in [-0.2, -0.15) is 0 Å². The van der Waals surface area contributed by atoms with E-state index in [4.69, 9.17) is 15.2 Å². The highest BCUT2D eigenvalue weighted by atomic mass is 32.1. The van der Waals surface area contributed by atoms with Crippen LogP contribution in [-0.2, 0) is 33.7 Å². The fourth-order valence-corrected chi connectivity index (χ4v) is 6.33. The monoisotopic (exact) mass is 504 g/mol. The van der Waals surface area contributed by atoms with Crippen LogP contribution in [-0.4, -0.2) is 47.7 Å². The van der Waals surface area contributed by atoms with Gasteiger partial charge in [-0.3, -0.25) is 19.0 Å². The molecule has 0 atom stereocenters. The topological polar surface area (TPSA) is 143 Å². The van der Waals surface area contributed by atoms with Gasteiger partial charge in [0.25, 0.3) is 11.5 Å². The number of nitrogens with zero attached hydrogens (tertiary/aromatic N) is 2. The van der Waals surface area contributed by atoms with Crippen LogP contribution in [0.1, 0.15) is 48.9 Å². The minimum Gasteiger partial charge on any atom is -0.459 e. The SMILES string of the molecule is COCCOC(=O)c1sc2ncn(CC(=O)Nc3sc4c(c3C(N)=O)CCCC4)c(=O)c2c1C. The Morgan fingerprint density at radius 2 is 1.97 bits per heavy atom. The Hall–Kier alpha value is -3.09. The summed E-state index contributed by atoms with van der Waals surface area (Å²) < 4.78 is 11.2. The van der Waals surface area contributed by atoms with Crippen molar-refractivity contribution in [2.45, 2.75) is 39.2 Å². The Morgan fingerprint density at radius 1 is 1.21 bits per heavy atom. The van der Waals surface area contributed by atoms with E-state index in [1.165, 1.54) is 29.3 Å². The summed E-state index contributed by atoms with van der Waals surface area (Å²) in [6.45, 7) is 1.71. The first-order valence-corrected chi connectivity index (χ1v) is 12.3. The van der Waals surface area contributed by atoms with Gasteiger partial charge in [0.05, 0.1) is 23.9 Å². The van der Waals surface area contributed by atoms with Crippen LogP contribution in [0, 0.1) is 6.92 Å². The van der Waals surface area contributed by atoms with Crippen molar-refractivity contribution in [3.8, 4) is 0 Å². The van der Waals surface area contributed by atoms with Crippen LogP contribution in [0.4, 0.5) is 5.00 Å². The molecule has 0 aliphatic heterocycles.